The molecule has 326 valence electrons. The molecule has 0 aliphatic heterocycles. The van der Waals surface area contributed by atoms with E-state index >= 15 is 0 Å². The molecule has 0 amide bonds. The minimum Gasteiger partial charge on any atom is -0.310 e. The Morgan fingerprint density at radius 3 is 1.49 bits per heavy atom. The first-order chi connectivity index (χ1) is 34.0. The van der Waals surface area contributed by atoms with Gasteiger partial charge in [-0.15, -0.1) is 22.7 Å². The van der Waals surface area contributed by atoms with Crippen LogP contribution in [-0.2, 0) is 5.41 Å². The molecule has 0 saturated carbocycles. The van der Waals surface area contributed by atoms with Gasteiger partial charge in [-0.25, -0.2) is 0 Å². The average Bonchev–Trinajstić information content (AvgIpc) is 3.97. The Kier molecular flexibility index (Phi) is 9.01. The highest BCUT2D eigenvalue weighted by atomic mass is 32.1. The Hall–Kier alpha value is -8.02. The van der Waals surface area contributed by atoms with Gasteiger partial charge in [0.05, 0.1) is 0 Å². The van der Waals surface area contributed by atoms with Gasteiger partial charge in [0, 0.05) is 79.9 Å². The lowest BCUT2D eigenvalue weighted by molar-refractivity contribution is 0.645. The second kappa shape index (κ2) is 15.5. The fourth-order valence-corrected chi connectivity index (χ4v) is 13.6. The standard InChI is InChI=1S/C65H44N2S2/c1-65(2)56-26-16-25-51-54-37-44(66(42-19-8-4-9-20-42)45-32-36-60-55(38-45)49-24-13-15-28-59(49)68-60)30-34-52(54)62(41-17-6-3-7-18-41)64(63(51)56)53-35-31-46(39-57(53)65)67(43-21-10-5-11-22-43)47-29-33-50-48-23-12-14-27-58(48)69-61(50)40-47/h3-40H,1-2H3. The van der Waals surface area contributed by atoms with E-state index in [1.807, 2.05) is 22.7 Å². The Balaban J connectivity index is 0.995. The average molecular weight is 917 g/mol. The number of rotatable bonds is 7. The number of benzene rings is 11. The topological polar surface area (TPSA) is 6.48 Å². The monoisotopic (exact) mass is 916 g/mol. The van der Waals surface area contributed by atoms with Crippen LogP contribution < -0.4 is 9.80 Å². The number of thiophene rings is 2. The number of hydrogen-bond donors (Lipinski definition) is 0. The molecule has 1 aliphatic carbocycles. The van der Waals surface area contributed by atoms with Gasteiger partial charge in [0.15, 0.2) is 0 Å². The lowest BCUT2D eigenvalue weighted by atomic mass is 9.66. The second-order valence-electron chi connectivity index (χ2n) is 18.8. The third-order valence-electron chi connectivity index (χ3n) is 14.6. The summed E-state index contributed by atoms with van der Waals surface area (Å²) in [4.78, 5) is 4.87. The van der Waals surface area contributed by atoms with Crippen LogP contribution >= 0.6 is 22.7 Å². The first kappa shape index (κ1) is 40.1. The summed E-state index contributed by atoms with van der Waals surface area (Å²) >= 11 is 3.73. The molecule has 0 saturated heterocycles. The van der Waals surface area contributed by atoms with Crippen molar-refractivity contribution in [2.45, 2.75) is 19.3 Å². The van der Waals surface area contributed by atoms with Crippen LogP contribution in [0.25, 0.3) is 84.1 Å². The predicted molar refractivity (Wildman–Crippen MR) is 300 cm³/mol. The van der Waals surface area contributed by atoms with Crippen LogP contribution in [-0.4, -0.2) is 0 Å². The summed E-state index contributed by atoms with van der Waals surface area (Å²) in [6.45, 7) is 4.85. The first-order valence-electron chi connectivity index (χ1n) is 23.7. The third-order valence-corrected chi connectivity index (χ3v) is 16.9. The van der Waals surface area contributed by atoms with Gasteiger partial charge in [0.25, 0.3) is 0 Å². The summed E-state index contributed by atoms with van der Waals surface area (Å²) in [6, 6.07) is 85.7. The van der Waals surface area contributed by atoms with E-state index in [0.717, 1.165) is 34.1 Å². The van der Waals surface area contributed by atoms with Crippen molar-refractivity contribution < 1.29 is 0 Å². The fourth-order valence-electron chi connectivity index (χ4n) is 11.4. The molecule has 0 radical (unpaired) electrons. The molecule has 4 heteroatoms. The molecule has 0 bridgehead atoms. The highest BCUT2D eigenvalue weighted by Crippen LogP contribution is 2.56. The van der Waals surface area contributed by atoms with Crippen molar-refractivity contribution in [2.24, 2.45) is 0 Å². The van der Waals surface area contributed by atoms with E-state index in [2.05, 4.69) is 254 Å². The van der Waals surface area contributed by atoms with Crippen molar-refractivity contribution >= 4 is 119 Å². The molecular formula is C65H44N2S2. The minimum absolute atomic E-state index is 0.316. The molecule has 0 unspecified atom stereocenters. The molecule has 2 aromatic heterocycles. The Bertz CT molecular complexity index is 4170. The van der Waals surface area contributed by atoms with Crippen LogP contribution in [0.15, 0.2) is 231 Å². The van der Waals surface area contributed by atoms with E-state index in [4.69, 9.17) is 0 Å². The second-order valence-corrected chi connectivity index (χ2v) is 21.0. The molecule has 2 nitrogen and oxygen atoms in total. The Morgan fingerprint density at radius 2 is 0.797 bits per heavy atom. The van der Waals surface area contributed by atoms with Gasteiger partial charge in [0.1, 0.15) is 0 Å². The van der Waals surface area contributed by atoms with Gasteiger partial charge in [-0.2, -0.15) is 0 Å². The summed E-state index contributed by atoms with van der Waals surface area (Å²) in [5.41, 5.74) is 14.3. The van der Waals surface area contributed by atoms with Gasteiger partial charge in [-0.05, 0) is 146 Å². The van der Waals surface area contributed by atoms with Crippen LogP contribution in [0.3, 0.4) is 0 Å². The lowest BCUT2D eigenvalue weighted by Crippen LogP contribution is -2.24. The SMILES string of the molecule is CC1(C)c2cc(N(c3ccccc3)c3ccc4c(c3)sc3ccccc34)ccc2-c2c(-c3ccccc3)c3ccc(N(c4ccccc4)c4ccc5sc6ccccc6c5c4)cc3c3cccc1c23. The zero-order valence-corrected chi connectivity index (χ0v) is 39.8. The third kappa shape index (κ3) is 6.22. The van der Waals surface area contributed by atoms with Gasteiger partial charge >= 0.3 is 0 Å². The van der Waals surface area contributed by atoms with Crippen molar-refractivity contribution in [2.75, 3.05) is 9.80 Å². The first-order valence-corrected chi connectivity index (χ1v) is 25.4. The van der Waals surface area contributed by atoms with Gasteiger partial charge in [0.2, 0.25) is 0 Å². The molecular weight excluding hydrogens is 873 g/mol. The van der Waals surface area contributed by atoms with Gasteiger partial charge in [-0.1, -0.05) is 153 Å². The smallest absolute Gasteiger partial charge is 0.0476 e. The van der Waals surface area contributed by atoms with Crippen molar-refractivity contribution in [3.8, 4) is 22.3 Å². The maximum Gasteiger partial charge on any atom is 0.0476 e. The van der Waals surface area contributed by atoms with E-state index in [1.165, 1.54) is 95.3 Å². The van der Waals surface area contributed by atoms with E-state index < -0.39 is 0 Å². The zero-order valence-electron chi connectivity index (χ0n) is 38.2. The van der Waals surface area contributed by atoms with E-state index in [-0.39, 0.29) is 5.41 Å². The minimum atomic E-state index is -0.316. The van der Waals surface area contributed by atoms with Crippen LogP contribution in [0, 0.1) is 0 Å². The van der Waals surface area contributed by atoms with Crippen LogP contribution in [0.1, 0.15) is 25.0 Å². The lowest BCUT2D eigenvalue weighted by Gasteiger charge is -2.38. The van der Waals surface area contributed by atoms with Crippen molar-refractivity contribution in [3.63, 3.8) is 0 Å². The number of hydrogen-bond acceptors (Lipinski definition) is 4. The van der Waals surface area contributed by atoms with Crippen LogP contribution in [0.5, 0.6) is 0 Å². The molecule has 14 rings (SSSR count). The predicted octanol–water partition coefficient (Wildman–Crippen LogP) is 19.6. The summed E-state index contributed by atoms with van der Waals surface area (Å²) < 4.78 is 5.22. The van der Waals surface area contributed by atoms with Crippen molar-refractivity contribution in [1.82, 2.24) is 0 Å². The number of fused-ring (bicyclic) bond motifs is 10. The van der Waals surface area contributed by atoms with Crippen molar-refractivity contribution in [3.05, 3.63) is 242 Å². The maximum absolute atomic E-state index is 2.48. The van der Waals surface area contributed by atoms with E-state index in [9.17, 15) is 0 Å². The van der Waals surface area contributed by atoms with Crippen LogP contribution in [0.2, 0.25) is 0 Å². The quantitative estimate of drug-likeness (QED) is 0.147. The summed E-state index contributed by atoms with van der Waals surface area (Å²) in [7, 11) is 0. The molecule has 0 N–H and O–H groups in total. The summed E-state index contributed by atoms with van der Waals surface area (Å²) in [5.74, 6) is 0. The highest BCUT2D eigenvalue weighted by molar-refractivity contribution is 7.26. The molecule has 2 heterocycles. The summed E-state index contributed by atoms with van der Waals surface area (Å²) in [6.07, 6.45) is 0. The molecule has 0 spiro atoms. The Labute approximate surface area is 409 Å². The van der Waals surface area contributed by atoms with Gasteiger partial charge < -0.3 is 9.80 Å². The fraction of sp³-hybridized carbons (Fsp3) is 0.0462. The largest absolute Gasteiger partial charge is 0.310 e. The van der Waals surface area contributed by atoms with Crippen molar-refractivity contribution in [1.29, 1.82) is 0 Å². The Morgan fingerprint density at radius 1 is 0.304 bits per heavy atom. The summed E-state index contributed by atoms with van der Waals surface area (Å²) in [5, 5.41) is 10.3. The molecule has 0 fully saturated rings. The maximum atomic E-state index is 2.48. The number of anilines is 6. The zero-order chi connectivity index (χ0) is 45.8. The number of nitrogens with zero attached hydrogens (tertiary/aromatic N) is 2. The van der Waals surface area contributed by atoms with Gasteiger partial charge in [-0.3, -0.25) is 0 Å². The molecule has 69 heavy (non-hydrogen) atoms. The molecule has 11 aromatic carbocycles. The molecule has 0 atom stereocenters. The normalized spacial score (nSPS) is 12.9. The van der Waals surface area contributed by atoms with E-state index in [1.54, 1.807) is 0 Å². The number of para-hydroxylation sites is 2. The van der Waals surface area contributed by atoms with E-state index in [0.29, 0.717) is 0 Å². The molecule has 13 aromatic rings. The van der Waals surface area contributed by atoms with Crippen LogP contribution in [0.4, 0.5) is 34.1 Å². The highest BCUT2D eigenvalue weighted by Gasteiger charge is 2.37. The molecule has 1 aliphatic rings.